The van der Waals surface area contributed by atoms with Crippen molar-refractivity contribution in [1.29, 1.82) is 0 Å². The summed E-state index contributed by atoms with van der Waals surface area (Å²) in [6.07, 6.45) is 3.77. The van der Waals surface area contributed by atoms with Crippen molar-refractivity contribution in [3.05, 3.63) is 66.2 Å². The molecule has 1 heterocycles. The van der Waals surface area contributed by atoms with Crippen LogP contribution in [0.1, 0.15) is 31.2 Å². The zero-order valence-electron chi connectivity index (χ0n) is 18.1. The van der Waals surface area contributed by atoms with Crippen LogP contribution in [0, 0.1) is 20.2 Å². The predicted octanol–water partition coefficient (Wildman–Crippen LogP) is 4.82. The van der Waals surface area contributed by atoms with Gasteiger partial charge in [-0.3, -0.25) is 20.2 Å². The van der Waals surface area contributed by atoms with Gasteiger partial charge in [0.05, 0.1) is 27.5 Å². The maximum atomic E-state index is 12.5. The molecular formula is C22H17BrN2O10. The molecule has 13 heteroatoms. The number of halogens is 1. The second-order valence-electron chi connectivity index (χ2n) is 7.76. The fourth-order valence-corrected chi connectivity index (χ4v) is 4.38. The highest BCUT2D eigenvalue weighted by Crippen LogP contribution is 2.44. The number of hydrogen-bond acceptors (Lipinski definition) is 10. The smallest absolute Gasteiger partial charge is 0.348 e. The molecule has 0 bridgehead atoms. The molecule has 12 nitrogen and oxygen atoms in total. The quantitative estimate of drug-likeness (QED) is 0.161. The Morgan fingerprint density at radius 2 is 1.66 bits per heavy atom. The summed E-state index contributed by atoms with van der Waals surface area (Å²) >= 11 is 3.29. The number of rotatable bonds is 6. The molecule has 2 aromatic carbocycles. The topological polar surface area (TPSA) is 157 Å². The average molecular weight is 549 g/mol. The van der Waals surface area contributed by atoms with Crippen molar-refractivity contribution in [2.45, 2.75) is 31.5 Å². The third kappa shape index (κ3) is 4.80. The third-order valence-electron chi connectivity index (χ3n) is 5.49. The van der Waals surface area contributed by atoms with Crippen LogP contribution in [0.3, 0.4) is 0 Å². The number of nitrogens with zero attached hydrogens (tertiary/aromatic N) is 2. The lowest BCUT2D eigenvalue weighted by molar-refractivity contribution is -0.394. The minimum absolute atomic E-state index is 0.0327. The number of benzene rings is 2. The van der Waals surface area contributed by atoms with Gasteiger partial charge in [0, 0.05) is 18.9 Å². The highest BCUT2D eigenvalue weighted by atomic mass is 79.9. The summed E-state index contributed by atoms with van der Waals surface area (Å²) in [5.74, 6) is -2.90. The summed E-state index contributed by atoms with van der Waals surface area (Å²) in [7, 11) is 1.32. The number of carbonyl (C=O) groups is 2. The molecule has 2 fully saturated rings. The van der Waals surface area contributed by atoms with E-state index in [1.807, 2.05) is 0 Å². The summed E-state index contributed by atoms with van der Waals surface area (Å²) in [6, 6.07) is 5.88. The Morgan fingerprint density at radius 3 is 2.23 bits per heavy atom. The Bertz CT molecular complexity index is 1260. The second kappa shape index (κ2) is 9.33. The lowest BCUT2D eigenvalue weighted by atomic mass is 10.1. The number of nitro benzene ring substituents is 2. The summed E-state index contributed by atoms with van der Waals surface area (Å²) in [6.45, 7) is 0. The highest BCUT2D eigenvalue weighted by Gasteiger charge is 2.47. The summed E-state index contributed by atoms with van der Waals surface area (Å²) in [5, 5.41) is 22.4. The first-order valence-corrected chi connectivity index (χ1v) is 11.1. The zero-order valence-corrected chi connectivity index (χ0v) is 19.7. The molecule has 0 atom stereocenters. The highest BCUT2D eigenvalue weighted by molar-refractivity contribution is 9.10. The number of non-ortho nitro benzene ring substituents is 1. The van der Waals surface area contributed by atoms with Crippen LogP contribution in [0.15, 0.2) is 40.4 Å². The maximum absolute atomic E-state index is 12.5. The van der Waals surface area contributed by atoms with Gasteiger partial charge in [-0.25, -0.2) is 9.59 Å². The molecule has 1 saturated heterocycles. The molecule has 0 N–H and O–H groups in total. The van der Waals surface area contributed by atoms with Crippen molar-refractivity contribution in [2.75, 3.05) is 7.11 Å². The van der Waals surface area contributed by atoms with E-state index in [-0.39, 0.29) is 27.3 Å². The second-order valence-corrected chi connectivity index (χ2v) is 8.61. The van der Waals surface area contributed by atoms with Gasteiger partial charge in [-0.05, 0) is 58.6 Å². The molecule has 1 aliphatic heterocycles. The van der Waals surface area contributed by atoms with Gasteiger partial charge in [0.1, 0.15) is 5.57 Å². The summed E-state index contributed by atoms with van der Waals surface area (Å²) in [4.78, 5) is 45.9. The molecule has 0 unspecified atom stereocenters. The molecule has 1 spiro atoms. The van der Waals surface area contributed by atoms with E-state index < -0.39 is 38.9 Å². The predicted molar refractivity (Wildman–Crippen MR) is 122 cm³/mol. The van der Waals surface area contributed by atoms with Gasteiger partial charge in [0.2, 0.25) is 5.75 Å². The van der Waals surface area contributed by atoms with Crippen molar-refractivity contribution in [3.8, 4) is 17.2 Å². The van der Waals surface area contributed by atoms with Gasteiger partial charge in [0.15, 0.2) is 11.5 Å². The number of carbonyl (C=O) groups excluding carboxylic acids is 2. The van der Waals surface area contributed by atoms with E-state index in [4.69, 9.17) is 18.9 Å². The summed E-state index contributed by atoms with van der Waals surface area (Å²) < 4.78 is 22.1. The minimum Gasteiger partial charge on any atom is -0.493 e. The van der Waals surface area contributed by atoms with Crippen LogP contribution in [-0.2, 0) is 19.1 Å². The molecule has 4 rings (SSSR count). The van der Waals surface area contributed by atoms with Crippen LogP contribution >= 0.6 is 15.9 Å². The molecule has 1 aliphatic carbocycles. The molecule has 0 amide bonds. The van der Waals surface area contributed by atoms with Crippen LogP contribution in [0.25, 0.3) is 6.08 Å². The van der Waals surface area contributed by atoms with Crippen molar-refractivity contribution in [3.63, 3.8) is 0 Å². The van der Waals surface area contributed by atoms with Gasteiger partial charge in [-0.1, -0.05) is 0 Å². The molecule has 0 aromatic heterocycles. The fraction of sp³-hybridized carbons (Fsp3) is 0.273. The Kier molecular flexibility index (Phi) is 6.43. The van der Waals surface area contributed by atoms with Crippen LogP contribution in [0.5, 0.6) is 17.2 Å². The lowest BCUT2D eigenvalue weighted by Gasteiger charge is -2.32. The third-order valence-corrected chi connectivity index (χ3v) is 6.08. The van der Waals surface area contributed by atoms with Crippen LogP contribution in [0.4, 0.5) is 11.4 Å². The number of nitro groups is 2. The molecular weight excluding hydrogens is 532 g/mol. The van der Waals surface area contributed by atoms with E-state index in [0.29, 0.717) is 18.4 Å². The lowest BCUT2D eigenvalue weighted by Crippen LogP contribution is -2.44. The first-order valence-electron chi connectivity index (χ1n) is 10.3. The van der Waals surface area contributed by atoms with Gasteiger partial charge in [-0.2, -0.15) is 0 Å². The largest absolute Gasteiger partial charge is 0.493 e. The minimum atomic E-state index is -1.19. The number of ether oxygens (including phenoxy) is 4. The normalized spacial score (nSPS) is 16.5. The average Bonchev–Trinajstić information content (AvgIpc) is 3.24. The van der Waals surface area contributed by atoms with E-state index in [9.17, 15) is 29.8 Å². The van der Waals surface area contributed by atoms with Gasteiger partial charge in [-0.15, -0.1) is 0 Å². The van der Waals surface area contributed by atoms with Crippen molar-refractivity contribution < 1.29 is 38.4 Å². The van der Waals surface area contributed by atoms with Crippen molar-refractivity contribution >= 4 is 45.3 Å². The monoisotopic (exact) mass is 548 g/mol. The Labute approximate surface area is 205 Å². The van der Waals surface area contributed by atoms with Crippen molar-refractivity contribution in [2.24, 2.45) is 0 Å². The molecule has 35 heavy (non-hydrogen) atoms. The maximum Gasteiger partial charge on any atom is 0.348 e. The standard InChI is InChI=1S/C22H17BrN2O10/c1-32-18-10-12(8-14-20(26)34-22(35-21(14)27)6-2-3-7-22)9-15(23)19(18)33-17-5-4-13(24(28)29)11-16(17)25(30)31/h4-5,8-11H,2-3,6-7H2,1H3. The number of methoxy groups -OCH3 is 1. The van der Waals surface area contributed by atoms with Gasteiger partial charge in [0.25, 0.3) is 11.5 Å². The Morgan fingerprint density at radius 1 is 1.00 bits per heavy atom. The molecule has 0 radical (unpaired) electrons. The zero-order chi connectivity index (χ0) is 25.3. The number of esters is 2. The first-order chi connectivity index (χ1) is 16.6. The fourth-order valence-electron chi connectivity index (χ4n) is 3.83. The van der Waals surface area contributed by atoms with E-state index >= 15 is 0 Å². The first kappa shape index (κ1) is 24.1. The van der Waals surface area contributed by atoms with E-state index in [0.717, 1.165) is 31.0 Å². The Hall–Kier alpha value is -4.00. The van der Waals surface area contributed by atoms with Crippen LogP contribution < -0.4 is 9.47 Å². The van der Waals surface area contributed by atoms with Gasteiger partial charge >= 0.3 is 17.6 Å². The number of hydrogen-bond donors (Lipinski definition) is 0. The summed E-state index contributed by atoms with van der Waals surface area (Å²) in [5.41, 5.74) is -1.03. The molecule has 2 aliphatic rings. The van der Waals surface area contributed by atoms with Crippen LogP contribution in [-0.4, -0.2) is 34.7 Å². The van der Waals surface area contributed by atoms with Gasteiger partial charge < -0.3 is 18.9 Å². The van der Waals surface area contributed by atoms with Crippen molar-refractivity contribution in [1.82, 2.24) is 0 Å². The Balaban J connectivity index is 1.66. The molecule has 2 aromatic rings. The van der Waals surface area contributed by atoms with E-state index in [2.05, 4.69) is 15.9 Å². The van der Waals surface area contributed by atoms with Crippen LogP contribution in [0.2, 0.25) is 0 Å². The molecule has 182 valence electrons. The molecule has 1 saturated carbocycles. The van der Waals surface area contributed by atoms with E-state index in [1.54, 1.807) is 0 Å². The van der Waals surface area contributed by atoms with E-state index in [1.165, 1.54) is 25.3 Å². The SMILES string of the molecule is COc1cc(C=C2C(=O)OC3(CCCC3)OC2=O)cc(Br)c1Oc1ccc([N+](=O)[O-])cc1[N+](=O)[O-].